The van der Waals surface area contributed by atoms with E-state index in [2.05, 4.69) is 52.6 Å². The maximum atomic E-state index is 8.73. The minimum absolute atomic E-state index is 0.264. The summed E-state index contributed by atoms with van der Waals surface area (Å²) in [5, 5.41) is 15.3. The SMILES string of the molecule is N#CCn1cc(-c2ccc(-c3cncc4ccccc34)cc2)cn1. The molecule has 0 saturated heterocycles. The van der Waals surface area contributed by atoms with Gasteiger partial charge in [-0.3, -0.25) is 9.67 Å². The number of rotatable bonds is 3. The van der Waals surface area contributed by atoms with Crippen LogP contribution in [0.25, 0.3) is 33.0 Å². The first-order chi connectivity index (χ1) is 11.8. The van der Waals surface area contributed by atoms with E-state index in [4.69, 9.17) is 5.26 Å². The van der Waals surface area contributed by atoms with Crippen LogP contribution in [0.15, 0.2) is 73.3 Å². The minimum atomic E-state index is 0.264. The summed E-state index contributed by atoms with van der Waals surface area (Å²) in [7, 11) is 0. The average Bonchev–Trinajstić information content (AvgIpc) is 3.10. The van der Waals surface area contributed by atoms with Crippen molar-refractivity contribution in [1.29, 1.82) is 5.26 Å². The molecule has 2 aromatic heterocycles. The lowest BCUT2D eigenvalue weighted by Gasteiger charge is -2.07. The highest BCUT2D eigenvalue weighted by molar-refractivity contribution is 5.95. The quantitative estimate of drug-likeness (QED) is 0.567. The molecule has 4 aromatic rings. The third-order valence-electron chi connectivity index (χ3n) is 4.06. The van der Waals surface area contributed by atoms with E-state index in [0.717, 1.165) is 27.6 Å². The van der Waals surface area contributed by atoms with Crippen LogP contribution in [-0.2, 0) is 6.54 Å². The molecule has 0 aliphatic rings. The van der Waals surface area contributed by atoms with Gasteiger partial charge in [0.25, 0.3) is 0 Å². The molecule has 0 unspecified atom stereocenters. The molecule has 0 N–H and O–H groups in total. The molecule has 0 amide bonds. The molecule has 114 valence electrons. The zero-order valence-electron chi connectivity index (χ0n) is 12.9. The van der Waals surface area contributed by atoms with Gasteiger partial charge in [0, 0.05) is 35.1 Å². The van der Waals surface area contributed by atoms with E-state index in [-0.39, 0.29) is 6.54 Å². The van der Waals surface area contributed by atoms with Crippen molar-refractivity contribution in [2.45, 2.75) is 6.54 Å². The van der Waals surface area contributed by atoms with Gasteiger partial charge in [-0.25, -0.2) is 0 Å². The molecule has 4 nitrogen and oxygen atoms in total. The summed E-state index contributed by atoms with van der Waals surface area (Å²) in [6.45, 7) is 0.264. The van der Waals surface area contributed by atoms with Crippen LogP contribution < -0.4 is 0 Å². The lowest BCUT2D eigenvalue weighted by Crippen LogP contribution is -1.93. The molecule has 0 atom stereocenters. The van der Waals surface area contributed by atoms with Crippen LogP contribution in [0.5, 0.6) is 0 Å². The fourth-order valence-corrected chi connectivity index (χ4v) is 2.86. The monoisotopic (exact) mass is 310 g/mol. The van der Waals surface area contributed by atoms with Gasteiger partial charge in [-0.05, 0) is 16.5 Å². The van der Waals surface area contributed by atoms with Crippen LogP contribution in [0.4, 0.5) is 0 Å². The molecular formula is C20H14N4. The van der Waals surface area contributed by atoms with E-state index >= 15 is 0 Å². The van der Waals surface area contributed by atoms with Crippen molar-refractivity contribution in [3.05, 3.63) is 73.3 Å². The van der Waals surface area contributed by atoms with Gasteiger partial charge in [0.2, 0.25) is 0 Å². The number of hydrogen-bond acceptors (Lipinski definition) is 3. The number of pyridine rings is 1. The summed E-state index contributed by atoms with van der Waals surface area (Å²) < 4.78 is 1.64. The Balaban J connectivity index is 1.72. The second-order valence-corrected chi connectivity index (χ2v) is 5.57. The van der Waals surface area contributed by atoms with Crippen LogP contribution in [0.2, 0.25) is 0 Å². The van der Waals surface area contributed by atoms with E-state index < -0.39 is 0 Å². The zero-order valence-corrected chi connectivity index (χ0v) is 12.9. The first-order valence-corrected chi connectivity index (χ1v) is 7.68. The zero-order chi connectivity index (χ0) is 16.4. The van der Waals surface area contributed by atoms with Crippen LogP contribution in [0.1, 0.15) is 0 Å². The third-order valence-corrected chi connectivity index (χ3v) is 4.06. The Morgan fingerprint density at radius 3 is 2.50 bits per heavy atom. The molecular weight excluding hydrogens is 296 g/mol. The first-order valence-electron chi connectivity index (χ1n) is 7.68. The van der Waals surface area contributed by atoms with E-state index in [1.807, 2.05) is 30.7 Å². The molecule has 0 saturated carbocycles. The Morgan fingerprint density at radius 2 is 1.67 bits per heavy atom. The molecule has 0 fully saturated rings. The lowest BCUT2D eigenvalue weighted by atomic mass is 9.99. The van der Waals surface area contributed by atoms with Gasteiger partial charge in [-0.15, -0.1) is 0 Å². The molecule has 24 heavy (non-hydrogen) atoms. The predicted molar refractivity (Wildman–Crippen MR) is 94.0 cm³/mol. The Labute approximate surface area is 139 Å². The van der Waals surface area contributed by atoms with E-state index in [0.29, 0.717) is 0 Å². The Hall–Kier alpha value is -3.45. The van der Waals surface area contributed by atoms with Gasteiger partial charge in [0.15, 0.2) is 0 Å². The number of hydrogen-bond donors (Lipinski definition) is 0. The van der Waals surface area contributed by atoms with Gasteiger partial charge in [0.05, 0.1) is 12.3 Å². The van der Waals surface area contributed by atoms with Crippen LogP contribution >= 0.6 is 0 Å². The average molecular weight is 310 g/mol. The highest BCUT2D eigenvalue weighted by atomic mass is 15.3. The van der Waals surface area contributed by atoms with Crippen LogP contribution in [0, 0.1) is 11.3 Å². The molecule has 2 heterocycles. The van der Waals surface area contributed by atoms with Crippen molar-refractivity contribution >= 4 is 10.8 Å². The standard InChI is InChI=1S/C20H14N4/c21-9-10-24-14-18(12-23-24)15-5-7-16(8-6-15)20-13-22-11-17-3-1-2-4-19(17)20/h1-8,11-14H,10H2. The van der Waals surface area contributed by atoms with Crippen LogP contribution in [0.3, 0.4) is 0 Å². The Bertz CT molecular complexity index is 1030. The topological polar surface area (TPSA) is 54.5 Å². The van der Waals surface area contributed by atoms with Crippen molar-refractivity contribution in [2.75, 3.05) is 0 Å². The molecule has 0 aliphatic heterocycles. The van der Waals surface area contributed by atoms with Gasteiger partial charge in [0.1, 0.15) is 6.54 Å². The highest BCUT2D eigenvalue weighted by Crippen LogP contribution is 2.29. The molecule has 0 spiro atoms. The highest BCUT2D eigenvalue weighted by Gasteiger charge is 2.06. The second-order valence-electron chi connectivity index (χ2n) is 5.57. The molecule has 2 aromatic carbocycles. The minimum Gasteiger partial charge on any atom is -0.263 e. The van der Waals surface area contributed by atoms with E-state index in [9.17, 15) is 0 Å². The van der Waals surface area contributed by atoms with Crippen molar-refractivity contribution in [3.8, 4) is 28.3 Å². The number of nitriles is 1. The van der Waals surface area contributed by atoms with Crippen LogP contribution in [-0.4, -0.2) is 14.8 Å². The third kappa shape index (κ3) is 2.53. The smallest absolute Gasteiger partial charge is 0.128 e. The van der Waals surface area contributed by atoms with E-state index in [1.54, 1.807) is 10.9 Å². The fraction of sp³-hybridized carbons (Fsp3) is 0.0500. The summed E-state index contributed by atoms with van der Waals surface area (Å²) in [4.78, 5) is 4.35. The van der Waals surface area contributed by atoms with Gasteiger partial charge in [-0.1, -0.05) is 48.5 Å². The summed E-state index contributed by atoms with van der Waals surface area (Å²) in [5.41, 5.74) is 4.34. The molecule has 4 heteroatoms. The molecule has 0 aliphatic carbocycles. The Morgan fingerprint density at radius 1 is 0.875 bits per heavy atom. The summed E-state index contributed by atoms with van der Waals surface area (Å²) in [5.74, 6) is 0. The number of fused-ring (bicyclic) bond motifs is 1. The van der Waals surface area contributed by atoms with Crippen molar-refractivity contribution < 1.29 is 0 Å². The summed E-state index contributed by atoms with van der Waals surface area (Å²) in [6.07, 6.45) is 7.46. The maximum Gasteiger partial charge on any atom is 0.128 e. The largest absolute Gasteiger partial charge is 0.263 e. The number of aromatic nitrogens is 3. The lowest BCUT2D eigenvalue weighted by molar-refractivity contribution is 0.710. The second kappa shape index (κ2) is 5.98. The predicted octanol–water partition coefficient (Wildman–Crippen LogP) is 4.29. The number of benzene rings is 2. The first kappa shape index (κ1) is 14.2. The summed E-state index contributed by atoms with van der Waals surface area (Å²) in [6, 6.07) is 18.7. The van der Waals surface area contributed by atoms with Crippen molar-refractivity contribution in [3.63, 3.8) is 0 Å². The Kier molecular flexibility index (Phi) is 3.53. The number of nitrogens with zero attached hydrogens (tertiary/aromatic N) is 4. The maximum absolute atomic E-state index is 8.73. The van der Waals surface area contributed by atoms with Crippen molar-refractivity contribution in [2.24, 2.45) is 0 Å². The van der Waals surface area contributed by atoms with Gasteiger partial charge in [-0.2, -0.15) is 10.4 Å². The normalized spacial score (nSPS) is 10.6. The fourth-order valence-electron chi connectivity index (χ4n) is 2.86. The summed E-state index contributed by atoms with van der Waals surface area (Å²) >= 11 is 0. The van der Waals surface area contributed by atoms with E-state index in [1.165, 1.54) is 5.39 Å². The van der Waals surface area contributed by atoms with Gasteiger partial charge < -0.3 is 0 Å². The molecule has 4 rings (SSSR count). The van der Waals surface area contributed by atoms with Gasteiger partial charge >= 0.3 is 0 Å². The molecule has 0 bridgehead atoms. The molecule has 0 radical (unpaired) electrons. The van der Waals surface area contributed by atoms with Crippen molar-refractivity contribution in [1.82, 2.24) is 14.8 Å².